The molecule has 142 valence electrons. The van der Waals surface area contributed by atoms with Gasteiger partial charge >= 0.3 is 0 Å². The van der Waals surface area contributed by atoms with E-state index in [0.717, 1.165) is 38.9 Å². The number of hydrogen-bond donors (Lipinski definition) is 2. The Kier molecular flexibility index (Phi) is 6.47. The molecule has 1 saturated carbocycles. The van der Waals surface area contributed by atoms with E-state index in [9.17, 15) is 9.18 Å². The van der Waals surface area contributed by atoms with Crippen LogP contribution in [0.3, 0.4) is 0 Å². The third-order valence-corrected chi connectivity index (χ3v) is 5.25. The summed E-state index contributed by atoms with van der Waals surface area (Å²) in [5.41, 5.74) is 0.578. The van der Waals surface area contributed by atoms with E-state index in [1.165, 1.54) is 18.9 Å². The maximum Gasteiger partial charge on any atom is 0.225 e. The van der Waals surface area contributed by atoms with E-state index in [4.69, 9.17) is 0 Å². The molecule has 1 saturated heterocycles. The number of carbonyl (C=O) groups excluding carboxylic acids is 1. The van der Waals surface area contributed by atoms with Gasteiger partial charge in [0, 0.05) is 37.2 Å². The predicted octanol–water partition coefficient (Wildman–Crippen LogP) is 2.67. The quantitative estimate of drug-likeness (QED) is 0.627. The lowest BCUT2D eigenvalue weighted by molar-refractivity contribution is -0.134. The normalized spacial score (nSPS) is 21.2. The number of nitrogens with one attached hydrogen (secondary N) is 2. The van der Waals surface area contributed by atoms with E-state index in [1.54, 1.807) is 12.1 Å². The van der Waals surface area contributed by atoms with Crippen molar-refractivity contribution in [3.63, 3.8) is 0 Å². The lowest BCUT2D eigenvalue weighted by atomic mass is 10.1. The minimum absolute atomic E-state index is 0.193. The van der Waals surface area contributed by atoms with Crippen molar-refractivity contribution in [2.75, 3.05) is 19.6 Å². The molecule has 3 rings (SSSR count). The molecule has 1 aliphatic carbocycles. The fourth-order valence-corrected chi connectivity index (χ4v) is 3.81. The summed E-state index contributed by atoms with van der Waals surface area (Å²) in [7, 11) is 0. The molecule has 0 spiro atoms. The Morgan fingerprint density at radius 2 is 2.04 bits per heavy atom. The van der Waals surface area contributed by atoms with Crippen LogP contribution in [0.5, 0.6) is 0 Å². The van der Waals surface area contributed by atoms with Crippen LogP contribution < -0.4 is 10.6 Å². The molecule has 1 atom stereocenters. The smallest absolute Gasteiger partial charge is 0.225 e. The molecule has 0 bridgehead atoms. The molecule has 5 nitrogen and oxygen atoms in total. The zero-order chi connectivity index (χ0) is 18.4. The third kappa shape index (κ3) is 4.74. The van der Waals surface area contributed by atoms with Gasteiger partial charge in [0.05, 0.1) is 6.54 Å². The molecule has 0 aromatic heterocycles. The molecule has 1 unspecified atom stereocenters. The first-order valence-corrected chi connectivity index (χ1v) is 9.74. The van der Waals surface area contributed by atoms with Gasteiger partial charge in [0.15, 0.2) is 5.96 Å². The predicted molar refractivity (Wildman–Crippen MR) is 101 cm³/mol. The average Bonchev–Trinajstić information content (AvgIpc) is 3.32. The van der Waals surface area contributed by atoms with E-state index in [1.807, 2.05) is 17.9 Å². The second kappa shape index (κ2) is 9.01. The molecule has 2 N–H and O–H groups in total. The first-order chi connectivity index (χ1) is 12.7. The van der Waals surface area contributed by atoms with Crippen molar-refractivity contribution in [1.82, 2.24) is 15.5 Å². The maximum absolute atomic E-state index is 13.8. The highest BCUT2D eigenvalue weighted by atomic mass is 19.1. The summed E-state index contributed by atoms with van der Waals surface area (Å²) in [6.45, 7) is 4.56. The van der Waals surface area contributed by atoms with E-state index in [0.29, 0.717) is 24.0 Å². The number of benzene rings is 1. The molecule has 1 aromatic rings. The fourth-order valence-electron chi connectivity index (χ4n) is 3.81. The van der Waals surface area contributed by atoms with E-state index < -0.39 is 0 Å². The lowest BCUT2D eigenvalue weighted by Gasteiger charge is -2.21. The van der Waals surface area contributed by atoms with Crippen LogP contribution >= 0.6 is 0 Å². The van der Waals surface area contributed by atoms with Crippen LogP contribution in [0.4, 0.5) is 4.39 Å². The van der Waals surface area contributed by atoms with Crippen LogP contribution in [0.2, 0.25) is 0 Å². The van der Waals surface area contributed by atoms with Gasteiger partial charge in [-0.1, -0.05) is 31.0 Å². The third-order valence-electron chi connectivity index (χ3n) is 5.25. The summed E-state index contributed by atoms with van der Waals surface area (Å²) < 4.78 is 13.8. The molecule has 1 amide bonds. The van der Waals surface area contributed by atoms with Crippen molar-refractivity contribution in [3.8, 4) is 0 Å². The number of aliphatic imine (C=N–C) groups is 1. The first-order valence-electron chi connectivity index (χ1n) is 9.74. The molecule has 2 aliphatic rings. The van der Waals surface area contributed by atoms with Crippen molar-refractivity contribution >= 4 is 11.9 Å². The van der Waals surface area contributed by atoms with Crippen LogP contribution in [-0.2, 0) is 11.3 Å². The molecular formula is C20H29FN4O. The van der Waals surface area contributed by atoms with Crippen molar-refractivity contribution in [1.29, 1.82) is 0 Å². The molecule has 26 heavy (non-hydrogen) atoms. The Hall–Kier alpha value is -2.11. The van der Waals surface area contributed by atoms with Crippen LogP contribution in [0.15, 0.2) is 29.3 Å². The first kappa shape index (κ1) is 18.7. The lowest BCUT2D eigenvalue weighted by Crippen LogP contribution is -2.45. The van der Waals surface area contributed by atoms with Gasteiger partial charge in [-0.3, -0.25) is 4.79 Å². The second-order valence-electron chi connectivity index (χ2n) is 7.18. The highest BCUT2D eigenvalue weighted by Crippen LogP contribution is 2.27. The highest BCUT2D eigenvalue weighted by Gasteiger charge is 2.32. The average molecular weight is 360 g/mol. The Labute approximate surface area is 155 Å². The van der Waals surface area contributed by atoms with E-state index in [-0.39, 0.29) is 17.8 Å². The summed E-state index contributed by atoms with van der Waals surface area (Å²) in [5, 5.41) is 6.62. The second-order valence-corrected chi connectivity index (χ2v) is 7.18. The monoisotopic (exact) mass is 360 g/mol. The van der Waals surface area contributed by atoms with Crippen LogP contribution in [0, 0.1) is 11.7 Å². The van der Waals surface area contributed by atoms with Crippen molar-refractivity contribution in [2.24, 2.45) is 10.9 Å². The highest BCUT2D eigenvalue weighted by molar-refractivity contribution is 5.81. The Morgan fingerprint density at radius 3 is 2.77 bits per heavy atom. The van der Waals surface area contributed by atoms with Crippen molar-refractivity contribution < 1.29 is 9.18 Å². The topological polar surface area (TPSA) is 56.7 Å². The molecule has 0 radical (unpaired) electrons. The number of nitrogens with zero attached hydrogens (tertiary/aromatic N) is 2. The summed E-state index contributed by atoms with van der Waals surface area (Å²) in [5.74, 6) is 0.994. The standard InChI is InChI=1S/C20H29FN4O/c1-2-22-20(23-13-16-9-5-6-10-18(16)21)24-17-11-12-25(14-17)19(26)15-7-3-4-8-15/h5-6,9-10,15,17H,2-4,7-8,11-14H2,1H3,(H2,22,23,24). The van der Waals surface area contributed by atoms with E-state index in [2.05, 4.69) is 15.6 Å². The molecule has 1 aromatic carbocycles. The van der Waals surface area contributed by atoms with E-state index >= 15 is 0 Å². The van der Waals surface area contributed by atoms with Crippen LogP contribution in [0.25, 0.3) is 0 Å². The number of guanidine groups is 1. The minimum atomic E-state index is -0.235. The van der Waals surface area contributed by atoms with Crippen molar-refractivity contribution in [2.45, 2.75) is 51.6 Å². The van der Waals surface area contributed by atoms with Crippen LogP contribution in [-0.4, -0.2) is 42.4 Å². The van der Waals surface area contributed by atoms with Crippen molar-refractivity contribution in [3.05, 3.63) is 35.6 Å². The number of halogens is 1. The fraction of sp³-hybridized carbons (Fsp3) is 0.600. The van der Waals surface area contributed by atoms with Gasteiger partial charge < -0.3 is 15.5 Å². The number of amides is 1. The molecule has 1 aliphatic heterocycles. The number of hydrogen-bond acceptors (Lipinski definition) is 2. The molecule has 6 heteroatoms. The maximum atomic E-state index is 13.8. The number of carbonyl (C=O) groups is 1. The number of rotatable bonds is 5. The summed E-state index contributed by atoms with van der Waals surface area (Å²) in [4.78, 5) is 19.1. The summed E-state index contributed by atoms with van der Waals surface area (Å²) in [6.07, 6.45) is 5.36. The zero-order valence-electron chi connectivity index (χ0n) is 15.5. The molecular weight excluding hydrogens is 331 g/mol. The van der Waals surface area contributed by atoms with Gasteiger partial charge in [-0.15, -0.1) is 0 Å². The van der Waals surface area contributed by atoms with Gasteiger partial charge in [0.25, 0.3) is 0 Å². The minimum Gasteiger partial charge on any atom is -0.357 e. The summed E-state index contributed by atoms with van der Waals surface area (Å²) >= 11 is 0. The Bertz CT molecular complexity index is 642. The Balaban J connectivity index is 1.55. The SMILES string of the molecule is CCNC(=NCc1ccccc1F)NC1CCN(C(=O)C2CCCC2)C1. The van der Waals surface area contributed by atoms with Gasteiger partial charge in [-0.25, -0.2) is 9.38 Å². The summed E-state index contributed by atoms with van der Waals surface area (Å²) in [6, 6.07) is 6.89. The van der Waals surface area contributed by atoms with Crippen LogP contribution in [0.1, 0.15) is 44.6 Å². The molecule has 2 fully saturated rings. The molecule has 1 heterocycles. The largest absolute Gasteiger partial charge is 0.357 e. The number of likely N-dealkylation sites (tertiary alicyclic amines) is 1. The van der Waals surface area contributed by atoms with Gasteiger partial charge in [-0.05, 0) is 32.3 Å². The zero-order valence-corrected chi connectivity index (χ0v) is 15.5. The Morgan fingerprint density at radius 1 is 1.27 bits per heavy atom. The van der Waals surface area contributed by atoms with Gasteiger partial charge in [-0.2, -0.15) is 0 Å². The van der Waals surface area contributed by atoms with Gasteiger partial charge in [0.1, 0.15) is 5.82 Å². The van der Waals surface area contributed by atoms with Gasteiger partial charge in [0.2, 0.25) is 5.91 Å².